The molecular weight excluding hydrogens is 426 g/mol. The normalized spacial score (nSPS) is 10.4. The maximum absolute atomic E-state index is 9.42. The fourth-order valence-corrected chi connectivity index (χ4v) is 3.52. The molecule has 0 fully saturated rings. The third-order valence-corrected chi connectivity index (χ3v) is 5.09. The second-order valence-corrected chi connectivity index (χ2v) is 7.09. The maximum atomic E-state index is 9.42. The number of hydrogen-bond donors (Lipinski definition) is 2. The average Bonchev–Trinajstić information content (AvgIpc) is 3.28. The second kappa shape index (κ2) is 9.90. The van der Waals surface area contributed by atoms with Gasteiger partial charge in [0, 0.05) is 11.9 Å². The summed E-state index contributed by atoms with van der Waals surface area (Å²) in [5.74, 6) is 0.963. The zero-order chi connectivity index (χ0) is 24.1. The Morgan fingerprint density at radius 3 is 2.38 bits per heavy atom. The molecule has 168 valence electrons. The van der Waals surface area contributed by atoms with E-state index in [4.69, 9.17) is 15.7 Å². The van der Waals surface area contributed by atoms with Gasteiger partial charge in [0.2, 0.25) is 0 Å². The van der Waals surface area contributed by atoms with Crippen LogP contribution in [-0.2, 0) is 6.61 Å². The van der Waals surface area contributed by atoms with Crippen LogP contribution in [0, 0.1) is 11.3 Å². The molecule has 8 nitrogen and oxygen atoms in total. The molecule has 0 radical (unpaired) electrons. The first-order valence-corrected chi connectivity index (χ1v) is 10.9. The summed E-state index contributed by atoms with van der Waals surface area (Å²) in [6.45, 7) is 3.96. The highest BCUT2D eigenvalue weighted by atomic mass is 16.3. The molecular formula is C26H23N7O. The number of anilines is 1. The number of benzene rings is 1. The Labute approximate surface area is 197 Å². The molecule has 8 heteroatoms. The largest absolute Gasteiger partial charge is 0.392 e. The van der Waals surface area contributed by atoms with Crippen LogP contribution in [0.1, 0.15) is 25.1 Å². The minimum absolute atomic E-state index is 0.0450. The third-order valence-electron chi connectivity index (χ3n) is 5.09. The van der Waals surface area contributed by atoms with Gasteiger partial charge in [-0.1, -0.05) is 32.0 Å². The van der Waals surface area contributed by atoms with E-state index in [-0.39, 0.29) is 6.61 Å². The van der Waals surface area contributed by atoms with Crippen LogP contribution >= 0.6 is 0 Å². The minimum Gasteiger partial charge on any atom is -0.392 e. The number of nitrogens with two attached hydrogens (primary N) is 1. The summed E-state index contributed by atoms with van der Waals surface area (Å²) in [6, 6.07) is 22.1. The van der Waals surface area contributed by atoms with E-state index in [2.05, 4.69) is 16.0 Å². The monoisotopic (exact) mass is 449 g/mol. The summed E-state index contributed by atoms with van der Waals surface area (Å²) in [4.78, 5) is 18.2. The summed E-state index contributed by atoms with van der Waals surface area (Å²) in [5.41, 5.74) is 11.3. The topological polar surface area (TPSA) is 127 Å². The van der Waals surface area contributed by atoms with E-state index in [1.807, 2.05) is 66.9 Å². The Kier molecular flexibility index (Phi) is 6.57. The second-order valence-electron chi connectivity index (χ2n) is 7.09. The van der Waals surface area contributed by atoms with E-state index in [9.17, 15) is 10.4 Å². The van der Waals surface area contributed by atoms with Gasteiger partial charge in [-0.05, 0) is 54.1 Å². The van der Waals surface area contributed by atoms with Gasteiger partial charge in [0.15, 0.2) is 11.5 Å². The molecule has 4 heterocycles. The number of aliphatic hydroxyl groups is 1. The molecule has 5 rings (SSSR count). The lowest BCUT2D eigenvalue weighted by atomic mass is 10.2. The molecule has 0 saturated heterocycles. The quantitative estimate of drug-likeness (QED) is 0.413. The van der Waals surface area contributed by atoms with Gasteiger partial charge < -0.3 is 10.8 Å². The van der Waals surface area contributed by atoms with Crippen LogP contribution < -0.4 is 5.73 Å². The predicted octanol–water partition coefficient (Wildman–Crippen LogP) is 4.52. The summed E-state index contributed by atoms with van der Waals surface area (Å²) >= 11 is 0. The number of nitrogen functional groups attached to an aromatic ring is 1. The van der Waals surface area contributed by atoms with E-state index in [1.54, 1.807) is 24.4 Å². The maximum Gasteiger partial charge on any atom is 0.165 e. The number of fused-ring (bicyclic) bond motifs is 1. The molecule has 0 aliphatic heterocycles. The third kappa shape index (κ3) is 4.20. The van der Waals surface area contributed by atoms with Crippen LogP contribution in [0.5, 0.6) is 0 Å². The zero-order valence-corrected chi connectivity index (χ0v) is 18.8. The Bertz CT molecular complexity index is 1480. The van der Waals surface area contributed by atoms with Gasteiger partial charge in [-0.25, -0.2) is 19.9 Å². The highest BCUT2D eigenvalue weighted by Crippen LogP contribution is 2.31. The van der Waals surface area contributed by atoms with E-state index in [0.717, 1.165) is 11.3 Å². The molecule has 34 heavy (non-hydrogen) atoms. The van der Waals surface area contributed by atoms with Crippen LogP contribution in [0.3, 0.4) is 0 Å². The molecule has 1 aromatic carbocycles. The molecule has 0 saturated carbocycles. The molecule has 0 bridgehead atoms. The summed E-state index contributed by atoms with van der Waals surface area (Å²) in [7, 11) is 0. The summed E-state index contributed by atoms with van der Waals surface area (Å²) in [6.07, 6.45) is 1.63. The molecule has 0 unspecified atom stereocenters. The predicted molar refractivity (Wildman–Crippen MR) is 132 cm³/mol. The Morgan fingerprint density at radius 2 is 1.68 bits per heavy atom. The lowest BCUT2D eigenvalue weighted by molar-refractivity contribution is 0.282. The van der Waals surface area contributed by atoms with Gasteiger partial charge in [-0.15, -0.1) is 0 Å². The number of aromatic nitrogens is 5. The first kappa shape index (κ1) is 22.6. The highest BCUT2D eigenvalue weighted by Gasteiger charge is 2.19. The fourth-order valence-electron chi connectivity index (χ4n) is 3.52. The van der Waals surface area contributed by atoms with Crippen LogP contribution in [0.4, 0.5) is 5.82 Å². The fraction of sp³-hybridized carbons (Fsp3) is 0.115. The van der Waals surface area contributed by atoms with Crippen LogP contribution in [0.25, 0.3) is 39.6 Å². The van der Waals surface area contributed by atoms with Gasteiger partial charge in [-0.2, -0.15) is 5.26 Å². The Hall–Kier alpha value is -4.61. The first-order chi connectivity index (χ1) is 16.7. The summed E-state index contributed by atoms with van der Waals surface area (Å²) < 4.78 is 1.90. The number of pyridine rings is 3. The average molecular weight is 450 g/mol. The van der Waals surface area contributed by atoms with Crippen molar-refractivity contribution in [3.05, 3.63) is 84.2 Å². The van der Waals surface area contributed by atoms with E-state index >= 15 is 0 Å². The number of hydrogen-bond acceptors (Lipinski definition) is 7. The van der Waals surface area contributed by atoms with Crippen molar-refractivity contribution >= 4 is 17.0 Å². The van der Waals surface area contributed by atoms with Crippen molar-refractivity contribution in [3.8, 4) is 34.5 Å². The van der Waals surface area contributed by atoms with Gasteiger partial charge in [0.25, 0.3) is 0 Å². The van der Waals surface area contributed by atoms with Gasteiger partial charge >= 0.3 is 0 Å². The van der Waals surface area contributed by atoms with Gasteiger partial charge in [0.1, 0.15) is 23.1 Å². The lowest BCUT2D eigenvalue weighted by Crippen LogP contribution is -2.02. The smallest absolute Gasteiger partial charge is 0.165 e. The SMILES string of the molecule is CC.N#Cc1cccc(-c2ccc3nc(-c4cccnc4N)n(-c4ccc(CO)cc4)c3n2)n1. The Balaban J connectivity index is 0.00000133. The van der Waals surface area contributed by atoms with Crippen LogP contribution in [0.15, 0.2) is 72.9 Å². The number of nitriles is 1. The van der Waals surface area contributed by atoms with Crippen LogP contribution in [-0.4, -0.2) is 29.6 Å². The standard InChI is InChI=1S/C24H17N7O.C2H6/c25-13-16-3-1-5-19(28-16)20-10-11-21-24(29-20)31(17-8-6-15(14-32)7-9-17)23(30-21)18-4-2-12-27-22(18)26;1-2/h1-12,32H,14H2,(H2,26,27);1-2H3. The van der Waals surface area contributed by atoms with Crippen molar-refractivity contribution in [2.75, 3.05) is 5.73 Å². The number of imidazole rings is 1. The lowest BCUT2D eigenvalue weighted by Gasteiger charge is -2.11. The molecule has 4 aromatic heterocycles. The number of rotatable bonds is 4. The van der Waals surface area contributed by atoms with Crippen molar-refractivity contribution in [1.29, 1.82) is 5.26 Å². The highest BCUT2D eigenvalue weighted by molar-refractivity contribution is 5.84. The van der Waals surface area contributed by atoms with E-state index < -0.39 is 0 Å². The number of nitrogens with zero attached hydrogens (tertiary/aromatic N) is 6. The number of aliphatic hydroxyl groups excluding tert-OH is 1. The van der Waals surface area contributed by atoms with E-state index in [1.165, 1.54) is 0 Å². The van der Waals surface area contributed by atoms with Crippen molar-refractivity contribution in [2.24, 2.45) is 0 Å². The summed E-state index contributed by atoms with van der Waals surface area (Å²) in [5, 5.41) is 18.6. The molecule has 0 aliphatic rings. The molecule has 0 amide bonds. The molecule has 5 aromatic rings. The van der Waals surface area contributed by atoms with Crippen molar-refractivity contribution < 1.29 is 5.11 Å². The van der Waals surface area contributed by atoms with E-state index in [0.29, 0.717) is 45.5 Å². The first-order valence-electron chi connectivity index (χ1n) is 10.9. The molecule has 0 aliphatic carbocycles. The van der Waals surface area contributed by atoms with Crippen molar-refractivity contribution in [1.82, 2.24) is 24.5 Å². The molecule has 3 N–H and O–H groups in total. The van der Waals surface area contributed by atoms with Crippen LogP contribution in [0.2, 0.25) is 0 Å². The van der Waals surface area contributed by atoms with Crippen molar-refractivity contribution in [2.45, 2.75) is 20.5 Å². The molecule has 0 atom stereocenters. The molecule has 0 spiro atoms. The zero-order valence-electron chi connectivity index (χ0n) is 18.8. The minimum atomic E-state index is -0.0450. The Morgan fingerprint density at radius 1 is 0.912 bits per heavy atom. The van der Waals surface area contributed by atoms with Gasteiger partial charge in [-0.3, -0.25) is 4.57 Å². The van der Waals surface area contributed by atoms with Gasteiger partial charge in [0.05, 0.1) is 23.6 Å². The van der Waals surface area contributed by atoms with Crippen molar-refractivity contribution in [3.63, 3.8) is 0 Å².